The summed E-state index contributed by atoms with van der Waals surface area (Å²) in [5.41, 5.74) is 0.957. The quantitative estimate of drug-likeness (QED) is 0.824. The fourth-order valence-corrected chi connectivity index (χ4v) is 5.81. The maximum absolute atomic E-state index is 12.2. The average molecular weight is 381 g/mol. The number of thiophene rings is 1. The summed E-state index contributed by atoms with van der Waals surface area (Å²) < 4.78 is 28.3. The summed E-state index contributed by atoms with van der Waals surface area (Å²) in [6.07, 6.45) is 5.06. The predicted octanol–water partition coefficient (Wildman–Crippen LogP) is 2.97. The first-order chi connectivity index (χ1) is 9.40. The van der Waals surface area contributed by atoms with Gasteiger partial charge in [-0.3, -0.25) is 0 Å². The standard InChI is InChI=1S/C13H21BrN2O2S2/c1-10-9-12(19-13(10)14)20(17,18)15-7-8-16(2)11-5-3-4-6-11/h9,11,15H,3-8H2,1-2H3. The van der Waals surface area contributed by atoms with Crippen LogP contribution < -0.4 is 4.72 Å². The third-order valence-corrected chi connectivity index (χ3v) is 7.88. The predicted molar refractivity (Wildman–Crippen MR) is 86.8 cm³/mol. The first-order valence-corrected chi connectivity index (χ1v) is 9.95. The second-order valence-corrected chi connectivity index (χ2v) is 9.70. The Bertz CT molecular complexity index is 531. The summed E-state index contributed by atoms with van der Waals surface area (Å²) in [5, 5.41) is 0. The maximum atomic E-state index is 12.2. The van der Waals surface area contributed by atoms with Gasteiger partial charge in [-0.05, 0) is 54.4 Å². The minimum absolute atomic E-state index is 0.380. The van der Waals surface area contributed by atoms with Gasteiger partial charge < -0.3 is 4.90 Å². The number of rotatable bonds is 6. The van der Waals surface area contributed by atoms with Crippen molar-refractivity contribution >= 4 is 37.3 Å². The first kappa shape index (κ1) is 16.4. The van der Waals surface area contributed by atoms with E-state index in [1.807, 2.05) is 6.92 Å². The smallest absolute Gasteiger partial charge is 0.250 e. The molecular weight excluding hydrogens is 360 g/mol. The summed E-state index contributed by atoms with van der Waals surface area (Å²) in [6, 6.07) is 2.33. The summed E-state index contributed by atoms with van der Waals surface area (Å²) in [6.45, 7) is 3.12. The van der Waals surface area contributed by atoms with Crippen molar-refractivity contribution < 1.29 is 8.42 Å². The molecule has 1 aliphatic rings. The Hall–Kier alpha value is 0.0500. The van der Waals surface area contributed by atoms with Crippen LogP contribution in [0.15, 0.2) is 14.1 Å². The van der Waals surface area contributed by atoms with E-state index >= 15 is 0 Å². The van der Waals surface area contributed by atoms with Crippen molar-refractivity contribution in [1.82, 2.24) is 9.62 Å². The van der Waals surface area contributed by atoms with E-state index in [4.69, 9.17) is 0 Å². The lowest BCUT2D eigenvalue weighted by Gasteiger charge is -2.23. The van der Waals surface area contributed by atoms with E-state index in [0.717, 1.165) is 15.9 Å². The Morgan fingerprint density at radius 2 is 2.10 bits per heavy atom. The molecule has 0 aromatic carbocycles. The lowest BCUT2D eigenvalue weighted by Crippen LogP contribution is -2.37. The molecule has 1 heterocycles. The van der Waals surface area contributed by atoms with Crippen molar-refractivity contribution in [3.63, 3.8) is 0 Å². The summed E-state index contributed by atoms with van der Waals surface area (Å²) in [7, 11) is -1.29. The van der Waals surface area contributed by atoms with E-state index in [2.05, 4.69) is 32.6 Å². The largest absolute Gasteiger partial charge is 0.302 e. The summed E-state index contributed by atoms with van der Waals surface area (Å²) >= 11 is 4.62. The van der Waals surface area contributed by atoms with Crippen LogP contribution in [-0.2, 0) is 10.0 Å². The van der Waals surface area contributed by atoms with Gasteiger partial charge in [0.25, 0.3) is 0 Å². The molecule has 1 fully saturated rings. The molecule has 114 valence electrons. The average Bonchev–Trinajstić information content (AvgIpc) is 3.00. The van der Waals surface area contributed by atoms with E-state index in [1.54, 1.807) is 6.07 Å². The molecule has 0 bridgehead atoms. The molecule has 1 aliphatic carbocycles. The fraction of sp³-hybridized carbons (Fsp3) is 0.692. The lowest BCUT2D eigenvalue weighted by molar-refractivity contribution is 0.250. The van der Waals surface area contributed by atoms with Crippen LogP contribution in [0.2, 0.25) is 0 Å². The zero-order chi connectivity index (χ0) is 14.8. The Kier molecular flexibility index (Phi) is 5.64. The Morgan fingerprint density at radius 3 is 2.65 bits per heavy atom. The van der Waals surface area contributed by atoms with Gasteiger partial charge in [-0.2, -0.15) is 0 Å². The van der Waals surface area contributed by atoms with Crippen molar-refractivity contribution in [3.8, 4) is 0 Å². The highest BCUT2D eigenvalue weighted by molar-refractivity contribution is 9.11. The van der Waals surface area contributed by atoms with Gasteiger partial charge in [-0.25, -0.2) is 13.1 Å². The van der Waals surface area contributed by atoms with Crippen LogP contribution in [0.1, 0.15) is 31.2 Å². The van der Waals surface area contributed by atoms with Crippen LogP contribution in [-0.4, -0.2) is 39.5 Å². The zero-order valence-corrected chi connectivity index (χ0v) is 15.1. The number of hydrogen-bond donors (Lipinski definition) is 1. The fourth-order valence-electron chi connectivity index (χ4n) is 2.52. The van der Waals surface area contributed by atoms with E-state index in [1.165, 1.54) is 37.0 Å². The molecule has 0 radical (unpaired) electrons. The summed E-state index contributed by atoms with van der Waals surface area (Å²) in [5.74, 6) is 0. The molecule has 0 aliphatic heterocycles. The Morgan fingerprint density at radius 1 is 1.45 bits per heavy atom. The normalized spacial score (nSPS) is 17.2. The molecule has 1 saturated carbocycles. The van der Waals surface area contributed by atoms with E-state index in [-0.39, 0.29) is 0 Å². The number of nitrogens with zero attached hydrogens (tertiary/aromatic N) is 1. The molecule has 0 spiro atoms. The molecule has 0 unspecified atom stereocenters. The minimum Gasteiger partial charge on any atom is -0.302 e. The highest BCUT2D eigenvalue weighted by Gasteiger charge is 2.21. The molecular formula is C13H21BrN2O2S2. The number of sulfonamides is 1. The lowest BCUT2D eigenvalue weighted by atomic mass is 10.2. The first-order valence-electron chi connectivity index (χ1n) is 6.86. The molecule has 7 heteroatoms. The van der Waals surface area contributed by atoms with Gasteiger partial charge in [0, 0.05) is 19.1 Å². The SMILES string of the molecule is Cc1cc(S(=O)(=O)NCCN(C)C2CCCC2)sc1Br. The molecule has 0 atom stereocenters. The van der Waals surface area contributed by atoms with Crippen LogP contribution in [0, 0.1) is 6.92 Å². The number of hydrogen-bond acceptors (Lipinski definition) is 4. The van der Waals surface area contributed by atoms with Crippen molar-refractivity contribution in [1.29, 1.82) is 0 Å². The van der Waals surface area contributed by atoms with Gasteiger partial charge in [-0.1, -0.05) is 12.8 Å². The molecule has 1 N–H and O–H groups in total. The highest BCUT2D eigenvalue weighted by Crippen LogP contribution is 2.30. The van der Waals surface area contributed by atoms with Gasteiger partial charge >= 0.3 is 0 Å². The molecule has 0 saturated heterocycles. The second-order valence-electron chi connectivity index (χ2n) is 5.34. The third kappa shape index (κ3) is 4.04. The minimum atomic E-state index is -3.37. The van der Waals surface area contributed by atoms with Gasteiger partial charge in [0.1, 0.15) is 4.21 Å². The molecule has 0 amide bonds. The molecule has 4 nitrogen and oxygen atoms in total. The van der Waals surface area contributed by atoms with E-state index in [9.17, 15) is 8.42 Å². The second kappa shape index (κ2) is 6.87. The van der Waals surface area contributed by atoms with Crippen molar-refractivity contribution in [2.24, 2.45) is 0 Å². The van der Waals surface area contributed by atoms with Gasteiger partial charge in [0.05, 0.1) is 3.79 Å². The zero-order valence-electron chi connectivity index (χ0n) is 11.9. The van der Waals surface area contributed by atoms with Gasteiger partial charge in [0.15, 0.2) is 0 Å². The Balaban J connectivity index is 1.86. The van der Waals surface area contributed by atoms with Gasteiger partial charge in [0.2, 0.25) is 10.0 Å². The number of halogens is 1. The van der Waals surface area contributed by atoms with Gasteiger partial charge in [-0.15, -0.1) is 11.3 Å². The molecule has 2 rings (SSSR count). The number of nitrogens with one attached hydrogen (secondary N) is 1. The topological polar surface area (TPSA) is 49.4 Å². The molecule has 1 aromatic heterocycles. The van der Waals surface area contributed by atoms with Crippen molar-refractivity contribution in [2.45, 2.75) is 42.9 Å². The van der Waals surface area contributed by atoms with Crippen LogP contribution in [0.3, 0.4) is 0 Å². The third-order valence-electron chi connectivity index (χ3n) is 3.80. The number of likely N-dealkylation sites (N-methyl/N-ethyl adjacent to an activating group) is 1. The number of aryl methyl sites for hydroxylation is 1. The monoisotopic (exact) mass is 380 g/mol. The van der Waals surface area contributed by atoms with Crippen molar-refractivity contribution in [2.75, 3.05) is 20.1 Å². The van der Waals surface area contributed by atoms with Crippen LogP contribution in [0.4, 0.5) is 0 Å². The molecule has 20 heavy (non-hydrogen) atoms. The highest BCUT2D eigenvalue weighted by atomic mass is 79.9. The molecule has 1 aromatic rings. The Labute approximate surface area is 133 Å². The maximum Gasteiger partial charge on any atom is 0.250 e. The van der Waals surface area contributed by atoms with Crippen LogP contribution >= 0.6 is 27.3 Å². The van der Waals surface area contributed by atoms with Crippen molar-refractivity contribution in [3.05, 3.63) is 15.4 Å². The van der Waals surface area contributed by atoms with Crippen LogP contribution in [0.5, 0.6) is 0 Å². The van der Waals surface area contributed by atoms with Crippen LogP contribution in [0.25, 0.3) is 0 Å². The summed E-state index contributed by atoms with van der Waals surface area (Å²) in [4.78, 5) is 2.27. The van der Waals surface area contributed by atoms with E-state index < -0.39 is 10.0 Å². The van der Waals surface area contributed by atoms with E-state index in [0.29, 0.717) is 16.8 Å².